The molecule has 0 aliphatic carbocycles. The highest BCUT2D eigenvalue weighted by Gasteiger charge is 2.00. The standard InChI is InChI=1S/C6H7Br2NS/c1-9(4-7)6-2-5(8)3-10-6/h2-3H,4H2,1H3. The third-order valence-electron chi connectivity index (χ3n) is 1.11. The van der Waals surface area contributed by atoms with Gasteiger partial charge in [0.25, 0.3) is 0 Å². The molecular weight excluding hydrogens is 278 g/mol. The molecule has 0 fully saturated rings. The van der Waals surface area contributed by atoms with Gasteiger partial charge in [0.15, 0.2) is 0 Å². The molecule has 4 heteroatoms. The summed E-state index contributed by atoms with van der Waals surface area (Å²) in [4.78, 5) is 2.13. The average molecular weight is 285 g/mol. The van der Waals surface area contributed by atoms with Crippen LogP contribution in [0.1, 0.15) is 0 Å². The second kappa shape index (κ2) is 3.74. The van der Waals surface area contributed by atoms with Crippen LogP contribution >= 0.6 is 43.2 Å². The lowest BCUT2D eigenvalue weighted by Gasteiger charge is -2.11. The Bertz CT molecular complexity index is 211. The maximum absolute atomic E-state index is 3.40. The summed E-state index contributed by atoms with van der Waals surface area (Å²) in [6.07, 6.45) is 0. The van der Waals surface area contributed by atoms with Gasteiger partial charge in [0, 0.05) is 16.9 Å². The molecule has 0 atom stereocenters. The topological polar surface area (TPSA) is 3.24 Å². The molecule has 0 unspecified atom stereocenters. The van der Waals surface area contributed by atoms with Crippen molar-refractivity contribution in [3.8, 4) is 0 Å². The number of alkyl halides is 1. The first-order valence-corrected chi connectivity index (χ1v) is 5.54. The minimum absolute atomic E-state index is 0.875. The Morgan fingerprint density at radius 2 is 2.40 bits per heavy atom. The maximum atomic E-state index is 3.40. The second-order valence-electron chi connectivity index (χ2n) is 1.92. The molecule has 0 saturated carbocycles. The maximum Gasteiger partial charge on any atom is 0.0924 e. The molecule has 1 aromatic heterocycles. The average Bonchev–Trinajstić information content (AvgIpc) is 2.34. The van der Waals surface area contributed by atoms with Crippen LogP contribution in [0.2, 0.25) is 0 Å². The molecule has 0 aromatic carbocycles. The van der Waals surface area contributed by atoms with Crippen molar-refractivity contribution < 1.29 is 0 Å². The van der Waals surface area contributed by atoms with Gasteiger partial charge in [-0.2, -0.15) is 0 Å². The van der Waals surface area contributed by atoms with Crippen molar-refractivity contribution in [3.05, 3.63) is 15.9 Å². The lowest BCUT2D eigenvalue weighted by molar-refractivity contribution is 1.13. The van der Waals surface area contributed by atoms with E-state index in [1.54, 1.807) is 11.3 Å². The van der Waals surface area contributed by atoms with E-state index < -0.39 is 0 Å². The zero-order chi connectivity index (χ0) is 7.56. The third kappa shape index (κ3) is 1.97. The molecule has 1 nitrogen and oxygen atoms in total. The molecule has 0 aliphatic rings. The summed E-state index contributed by atoms with van der Waals surface area (Å²) in [6, 6.07) is 2.10. The Morgan fingerprint density at radius 1 is 1.70 bits per heavy atom. The molecule has 0 aliphatic heterocycles. The monoisotopic (exact) mass is 283 g/mol. The molecule has 0 radical (unpaired) electrons. The Kier molecular flexibility index (Phi) is 3.20. The van der Waals surface area contributed by atoms with Crippen LogP contribution in [0.5, 0.6) is 0 Å². The summed E-state index contributed by atoms with van der Waals surface area (Å²) in [6.45, 7) is 0. The molecule has 1 heterocycles. The second-order valence-corrected chi connectivity index (χ2v) is 4.23. The first-order chi connectivity index (χ1) is 4.74. The fraction of sp³-hybridized carbons (Fsp3) is 0.333. The molecule has 10 heavy (non-hydrogen) atoms. The minimum atomic E-state index is 0.875. The van der Waals surface area contributed by atoms with Gasteiger partial charge in [0.05, 0.1) is 10.5 Å². The van der Waals surface area contributed by atoms with Crippen LogP contribution in [-0.4, -0.2) is 12.5 Å². The lowest BCUT2D eigenvalue weighted by atomic mass is 10.6. The molecule has 0 spiro atoms. The molecule has 0 amide bonds. The fourth-order valence-electron chi connectivity index (χ4n) is 0.562. The van der Waals surface area contributed by atoms with Gasteiger partial charge in [-0.1, -0.05) is 15.9 Å². The van der Waals surface area contributed by atoms with Crippen molar-refractivity contribution in [1.82, 2.24) is 0 Å². The van der Waals surface area contributed by atoms with Gasteiger partial charge in [-0.15, -0.1) is 11.3 Å². The largest absolute Gasteiger partial charge is 0.357 e. The first kappa shape index (κ1) is 8.56. The van der Waals surface area contributed by atoms with Crippen molar-refractivity contribution in [2.75, 3.05) is 17.4 Å². The van der Waals surface area contributed by atoms with Gasteiger partial charge in [0.1, 0.15) is 0 Å². The predicted molar refractivity (Wildman–Crippen MR) is 54.2 cm³/mol. The summed E-state index contributed by atoms with van der Waals surface area (Å²) >= 11 is 8.51. The summed E-state index contributed by atoms with van der Waals surface area (Å²) < 4.78 is 1.15. The predicted octanol–water partition coefficient (Wildman–Crippen LogP) is 3.30. The van der Waals surface area contributed by atoms with E-state index in [4.69, 9.17) is 0 Å². The zero-order valence-corrected chi connectivity index (χ0v) is 9.46. The molecular formula is C6H7Br2NS. The highest BCUT2D eigenvalue weighted by Crippen LogP contribution is 2.27. The summed E-state index contributed by atoms with van der Waals surface area (Å²) in [5.74, 6) is 0. The van der Waals surface area contributed by atoms with Crippen molar-refractivity contribution >= 4 is 48.2 Å². The van der Waals surface area contributed by atoms with Gasteiger partial charge in [0.2, 0.25) is 0 Å². The van der Waals surface area contributed by atoms with Crippen molar-refractivity contribution in [2.24, 2.45) is 0 Å². The number of halogens is 2. The molecule has 56 valence electrons. The van der Waals surface area contributed by atoms with Gasteiger partial charge in [-0.3, -0.25) is 0 Å². The van der Waals surface area contributed by atoms with E-state index in [1.807, 2.05) is 7.05 Å². The van der Waals surface area contributed by atoms with Crippen molar-refractivity contribution in [2.45, 2.75) is 0 Å². The Hall–Kier alpha value is 0.460. The molecule has 1 aromatic rings. The normalized spacial score (nSPS) is 9.90. The fourth-order valence-corrected chi connectivity index (χ4v) is 2.39. The van der Waals surface area contributed by atoms with Gasteiger partial charge >= 0.3 is 0 Å². The van der Waals surface area contributed by atoms with E-state index in [0.29, 0.717) is 0 Å². The molecule has 1 rings (SSSR count). The number of anilines is 1. The number of rotatable bonds is 2. The Balaban J connectivity index is 2.74. The zero-order valence-electron chi connectivity index (χ0n) is 5.47. The lowest BCUT2D eigenvalue weighted by Crippen LogP contribution is -2.11. The van der Waals surface area contributed by atoms with Gasteiger partial charge in [-0.05, 0) is 22.0 Å². The number of hydrogen-bond donors (Lipinski definition) is 0. The Morgan fingerprint density at radius 3 is 2.80 bits per heavy atom. The third-order valence-corrected chi connectivity index (χ3v) is 3.67. The summed E-state index contributed by atoms with van der Waals surface area (Å²) in [7, 11) is 2.05. The van der Waals surface area contributed by atoms with Gasteiger partial charge in [-0.25, -0.2) is 0 Å². The van der Waals surface area contributed by atoms with E-state index >= 15 is 0 Å². The van der Waals surface area contributed by atoms with Crippen LogP contribution in [0, 0.1) is 0 Å². The minimum Gasteiger partial charge on any atom is -0.357 e. The van der Waals surface area contributed by atoms with Crippen molar-refractivity contribution in [3.63, 3.8) is 0 Å². The summed E-state index contributed by atoms with van der Waals surface area (Å²) in [5.41, 5.74) is 0.875. The van der Waals surface area contributed by atoms with Crippen LogP contribution < -0.4 is 4.90 Å². The van der Waals surface area contributed by atoms with Crippen LogP contribution in [0.15, 0.2) is 15.9 Å². The number of thiophene rings is 1. The van der Waals surface area contributed by atoms with E-state index in [-0.39, 0.29) is 0 Å². The van der Waals surface area contributed by atoms with Crippen LogP contribution in [0.4, 0.5) is 5.00 Å². The molecule has 0 N–H and O–H groups in total. The SMILES string of the molecule is CN(CBr)c1cc(Br)cs1. The Labute approximate surface area is 81.3 Å². The highest BCUT2D eigenvalue weighted by molar-refractivity contribution is 9.10. The smallest absolute Gasteiger partial charge is 0.0924 e. The van der Waals surface area contributed by atoms with Crippen molar-refractivity contribution in [1.29, 1.82) is 0 Å². The number of hydrogen-bond acceptors (Lipinski definition) is 2. The quantitative estimate of drug-likeness (QED) is 0.595. The van der Waals surface area contributed by atoms with Gasteiger partial charge < -0.3 is 4.90 Å². The number of nitrogens with zero attached hydrogens (tertiary/aromatic N) is 1. The van der Waals surface area contributed by atoms with Crippen LogP contribution in [0.3, 0.4) is 0 Å². The van der Waals surface area contributed by atoms with E-state index in [0.717, 1.165) is 9.93 Å². The first-order valence-electron chi connectivity index (χ1n) is 2.75. The van der Waals surface area contributed by atoms with Crippen LogP contribution in [0.25, 0.3) is 0 Å². The van der Waals surface area contributed by atoms with Crippen LogP contribution in [-0.2, 0) is 0 Å². The highest BCUT2D eigenvalue weighted by atomic mass is 79.9. The van der Waals surface area contributed by atoms with E-state index in [9.17, 15) is 0 Å². The molecule has 0 bridgehead atoms. The summed E-state index contributed by atoms with van der Waals surface area (Å²) in [5, 5.41) is 3.35. The van der Waals surface area contributed by atoms with E-state index in [1.165, 1.54) is 5.00 Å². The molecule has 0 saturated heterocycles. The van der Waals surface area contributed by atoms with E-state index in [2.05, 4.69) is 48.2 Å².